The van der Waals surface area contributed by atoms with Gasteiger partial charge in [0, 0.05) is 0 Å². The van der Waals surface area contributed by atoms with Gasteiger partial charge in [0.15, 0.2) is 0 Å². The average molecular weight is 298 g/mol. The Morgan fingerprint density at radius 2 is 2.00 bits per heavy atom. The van der Waals surface area contributed by atoms with Gasteiger partial charge in [0.2, 0.25) is 11.8 Å². The number of hydrogen-bond acceptors (Lipinski definition) is 4. The molecule has 2 aliphatic rings. The van der Waals surface area contributed by atoms with E-state index in [1.165, 1.54) is 0 Å². The molecule has 2 aliphatic heterocycles. The predicted octanol–water partition coefficient (Wildman–Crippen LogP) is 0.554. The first-order valence-electron chi connectivity index (χ1n) is 7.64. The maximum atomic E-state index is 12.8. The van der Waals surface area contributed by atoms with Gasteiger partial charge in [-0.15, -0.1) is 0 Å². The second kappa shape index (κ2) is 6.32. The molecule has 2 saturated heterocycles. The van der Waals surface area contributed by atoms with Gasteiger partial charge in [-0.3, -0.25) is 9.59 Å². The maximum absolute atomic E-state index is 12.8. The Morgan fingerprint density at radius 1 is 1.29 bits per heavy atom. The van der Waals surface area contributed by atoms with Gasteiger partial charge in [-0.2, -0.15) is 0 Å². The minimum absolute atomic E-state index is 0.0249. The smallest absolute Gasteiger partial charge is 0.246 e. The van der Waals surface area contributed by atoms with Gasteiger partial charge < -0.3 is 19.7 Å². The SMILES string of the molecule is CCC1C(=O)NC(C(C)(C)C)C(=O)N1CC1COCCO1. The van der Waals surface area contributed by atoms with E-state index in [-0.39, 0.29) is 23.3 Å². The summed E-state index contributed by atoms with van der Waals surface area (Å²) in [5, 5.41) is 2.87. The van der Waals surface area contributed by atoms with Crippen LogP contribution < -0.4 is 5.32 Å². The van der Waals surface area contributed by atoms with E-state index in [1.807, 2.05) is 27.7 Å². The van der Waals surface area contributed by atoms with Crippen molar-refractivity contribution in [3.8, 4) is 0 Å². The van der Waals surface area contributed by atoms with Gasteiger partial charge in [0.1, 0.15) is 12.1 Å². The third-order valence-electron chi connectivity index (χ3n) is 4.03. The van der Waals surface area contributed by atoms with Crippen molar-refractivity contribution < 1.29 is 19.1 Å². The van der Waals surface area contributed by atoms with Gasteiger partial charge in [0.05, 0.1) is 32.5 Å². The van der Waals surface area contributed by atoms with Crippen molar-refractivity contribution in [2.24, 2.45) is 5.41 Å². The highest BCUT2D eigenvalue weighted by molar-refractivity contribution is 5.97. The largest absolute Gasteiger partial charge is 0.376 e. The molecule has 0 aromatic carbocycles. The molecule has 0 radical (unpaired) electrons. The summed E-state index contributed by atoms with van der Waals surface area (Å²) in [7, 11) is 0. The van der Waals surface area contributed by atoms with Crippen molar-refractivity contribution in [2.75, 3.05) is 26.4 Å². The van der Waals surface area contributed by atoms with E-state index < -0.39 is 12.1 Å². The summed E-state index contributed by atoms with van der Waals surface area (Å²) < 4.78 is 11.0. The maximum Gasteiger partial charge on any atom is 0.246 e. The van der Waals surface area contributed by atoms with Crippen molar-refractivity contribution in [3.63, 3.8) is 0 Å². The Bertz CT molecular complexity index is 399. The highest BCUT2D eigenvalue weighted by Gasteiger charge is 2.45. The first-order chi connectivity index (χ1) is 9.84. The first-order valence-corrected chi connectivity index (χ1v) is 7.64. The molecule has 0 aliphatic carbocycles. The molecule has 3 atom stereocenters. The highest BCUT2D eigenvalue weighted by Crippen LogP contribution is 2.26. The molecular weight excluding hydrogens is 272 g/mol. The summed E-state index contributed by atoms with van der Waals surface area (Å²) in [6.45, 7) is 9.81. The van der Waals surface area contributed by atoms with Crippen LogP contribution in [0.2, 0.25) is 0 Å². The molecule has 6 heteroatoms. The number of piperazine rings is 1. The van der Waals surface area contributed by atoms with Crippen molar-refractivity contribution in [2.45, 2.75) is 52.3 Å². The van der Waals surface area contributed by atoms with Crippen LogP contribution in [0.3, 0.4) is 0 Å². The number of amides is 2. The number of hydrogen-bond donors (Lipinski definition) is 1. The second-order valence-electron chi connectivity index (χ2n) is 6.79. The van der Waals surface area contributed by atoms with Crippen LogP contribution >= 0.6 is 0 Å². The van der Waals surface area contributed by atoms with Crippen LogP contribution in [-0.2, 0) is 19.1 Å². The van der Waals surface area contributed by atoms with E-state index in [2.05, 4.69) is 5.32 Å². The topological polar surface area (TPSA) is 67.9 Å². The summed E-state index contributed by atoms with van der Waals surface area (Å²) >= 11 is 0. The van der Waals surface area contributed by atoms with Crippen LogP contribution in [0.5, 0.6) is 0 Å². The molecule has 0 spiro atoms. The summed E-state index contributed by atoms with van der Waals surface area (Å²) in [5.74, 6) is -0.100. The number of carbonyl (C=O) groups excluding carboxylic acids is 2. The molecule has 2 amide bonds. The number of carbonyl (C=O) groups is 2. The molecule has 6 nitrogen and oxygen atoms in total. The number of nitrogens with one attached hydrogen (secondary N) is 1. The van der Waals surface area contributed by atoms with E-state index in [9.17, 15) is 9.59 Å². The van der Waals surface area contributed by atoms with Gasteiger partial charge in [0.25, 0.3) is 0 Å². The third kappa shape index (κ3) is 3.55. The number of nitrogens with zero attached hydrogens (tertiary/aromatic N) is 1. The van der Waals surface area contributed by atoms with Gasteiger partial charge >= 0.3 is 0 Å². The van der Waals surface area contributed by atoms with Crippen LogP contribution in [0.1, 0.15) is 34.1 Å². The molecule has 0 aromatic rings. The van der Waals surface area contributed by atoms with Crippen LogP contribution in [0, 0.1) is 5.41 Å². The molecule has 3 unspecified atom stereocenters. The number of rotatable bonds is 3. The fourth-order valence-electron chi connectivity index (χ4n) is 2.83. The van der Waals surface area contributed by atoms with E-state index in [0.29, 0.717) is 32.8 Å². The zero-order valence-corrected chi connectivity index (χ0v) is 13.3. The summed E-state index contributed by atoms with van der Waals surface area (Å²) in [4.78, 5) is 26.8. The van der Waals surface area contributed by atoms with E-state index in [4.69, 9.17) is 9.47 Å². The normalized spacial score (nSPS) is 31.2. The molecule has 1 N–H and O–H groups in total. The molecule has 2 rings (SSSR count). The molecule has 2 heterocycles. The number of ether oxygens (including phenoxy) is 2. The van der Waals surface area contributed by atoms with E-state index >= 15 is 0 Å². The lowest BCUT2D eigenvalue weighted by Gasteiger charge is -2.44. The van der Waals surface area contributed by atoms with Gasteiger partial charge in [-0.25, -0.2) is 0 Å². The van der Waals surface area contributed by atoms with Crippen molar-refractivity contribution >= 4 is 11.8 Å². The lowest BCUT2D eigenvalue weighted by atomic mass is 9.83. The van der Waals surface area contributed by atoms with Crippen LogP contribution in [0.4, 0.5) is 0 Å². The first kappa shape index (κ1) is 16.2. The van der Waals surface area contributed by atoms with Crippen LogP contribution in [0.25, 0.3) is 0 Å². The fraction of sp³-hybridized carbons (Fsp3) is 0.867. The summed E-state index contributed by atoms with van der Waals surface area (Å²) in [6.07, 6.45) is 0.449. The average Bonchev–Trinajstić information content (AvgIpc) is 2.42. The Morgan fingerprint density at radius 3 is 2.52 bits per heavy atom. The third-order valence-corrected chi connectivity index (χ3v) is 4.03. The molecule has 2 fully saturated rings. The molecule has 0 aromatic heterocycles. The highest BCUT2D eigenvalue weighted by atomic mass is 16.6. The Labute approximate surface area is 126 Å². The van der Waals surface area contributed by atoms with Crippen molar-refractivity contribution in [3.05, 3.63) is 0 Å². The quantitative estimate of drug-likeness (QED) is 0.826. The minimum Gasteiger partial charge on any atom is -0.376 e. The molecule has 0 saturated carbocycles. The van der Waals surface area contributed by atoms with Gasteiger partial charge in [-0.1, -0.05) is 27.7 Å². The monoisotopic (exact) mass is 298 g/mol. The van der Waals surface area contributed by atoms with E-state index in [0.717, 1.165) is 0 Å². The van der Waals surface area contributed by atoms with Crippen LogP contribution in [-0.4, -0.2) is 61.3 Å². The summed E-state index contributed by atoms with van der Waals surface area (Å²) in [5.41, 5.74) is -0.312. The summed E-state index contributed by atoms with van der Waals surface area (Å²) in [6, 6.07) is -0.904. The molecular formula is C15H26N2O4. The van der Waals surface area contributed by atoms with Crippen molar-refractivity contribution in [1.29, 1.82) is 0 Å². The van der Waals surface area contributed by atoms with Crippen LogP contribution in [0.15, 0.2) is 0 Å². The predicted molar refractivity (Wildman–Crippen MR) is 77.7 cm³/mol. The molecule has 0 bridgehead atoms. The molecule has 21 heavy (non-hydrogen) atoms. The van der Waals surface area contributed by atoms with Gasteiger partial charge in [-0.05, 0) is 11.8 Å². The Balaban J connectivity index is 2.16. The fourth-order valence-corrected chi connectivity index (χ4v) is 2.83. The lowest BCUT2D eigenvalue weighted by molar-refractivity contribution is -0.158. The lowest BCUT2D eigenvalue weighted by Crippen LogP contribution is -2.67. The minimum atomic E-state index is -0.489. The zero-order chi connectivity index (χ0) is 15.6. The Kier molecular flexibility index (Phi) is 4.88. The van der Waals surface area contributed by atoms with E-state index in [1.54, 1.807) is 4.90 Å². The van der Waals surface area contributed by atoms with Crippen molar-refractivity contribution in [1.82, 2.24) is 10.2 Å². The Hall–Kier alpha value is -1.14. The molecule has 120 valence electrons. The second-order valence-corrected chi connectivity index (χ2v) is 6.79. The zero-order valence-electron chi connectivity index (χ0n) is 13.3. The standard InChI is InChI=1S/C15H26N2O4/c1-5-11-13(18)16-12(15(2,3)4)14(19)17(11)8-10-9-20-6-7-21-10/h10-12H,5-9H2,1-4H3,(H,16,18).